The first-order valence-corrected chi connectivity index (χ1v) is 9.11. The maximum Gasteiger partial charge on any atom is 0.0195 e. The molecule has 0 aromatic carbocycles. The first-order chi connectivity index (χ1) is 9.63. The predicted octanol–water partition coefficient (Wildman–Crippen LogP) is 4.45. The summed E-state index contributed by atoms with van der Waals surface area (Å²) in [6.07, 6.45) is 11.1. The zero-order valence-electron chi connectivity index (χ0n) is 14.5. The van der Waals surface area contributed by atoms with Crippen molar-refractivity contribution < 1.29 is 0 Å². The van der Waals surface area contributed by atoms with E-state index < -0.39 is 0 Å². The Labute approximate surface area is 127 Å². The molecular formula is C18H38N2. The highest BCUT2D eigenvalue weighted by Crippen LogP contribution is 2.16. The number of unbranched alkanes of at least 4 members (excludes halogenated alkanes) is 4. The monoisotopic (exact) mass is 282 g/mol. The summed E-state index contributed by atoms with van der Waals surface area (Å²) >= 11 is 0. The van der Waals surface area contributed by atoms with Crippen LogP contribution in [-0.2, 0) is 0 Å². The fourth-order valence-corrected chi connectivity index (χ4v) is 3.32. The molecule has 0 radical (unpaired) electrons. The van der Waals surface area contributed by atoms with Crippen molar-refractivity contribution in [3.8, 4) is 0 Å². The molecule has 1 heterocycles. The number of nitrogens with one attached hydrogen (secondary N) is 1. The quantitative estimate of drug-likeness (QED) is 0.563. The van der Waals surface area contributed by atoms with Gasteiger partial charge in [-0.1, -0.05) is 52.9 Å². The van der Waals surface area contributed by atoms with Crippen molar-refractivity contribution in [2.45, 2.75) is 91.1 Å². The molecule has 1 aliphatic heterocycles. The molecule has 1 N–H and O–H groups in total. The summed E-state index contributed by atoms with van der Waals surface area (Å²) in [6.45, 7) is 13.2. The highest BCUT2D eigenvalue weighted by molar-refractivity contribution is 4.80. The van der Waals surface area contributed by atoms with Gasteiger partial charge in [0.1, 0.15) is 0 Å². The Balaban J connectivity index is 2.28. The Kier molecular flexibility index (Phi) is 9.54. The minimum atomic E-state index is 0.747. The minimum Gasteiger partial charge on any atom is -0.313 e. The molecule has 0 bridgehead atoms. The Bertz CT molecular complexity index is 221. The summed E-state index contributed by atoms with van der Waals surface area (Å²) in [4.78, 5) is 2.74. The fourth-order valence-electron chi connectivity index (χ4n) is 3.32. The molecular weight excluding hydrogens is 244 g/mol. The van der Waals surface area contributed by atoms with Crippen molar-refractivity contribution in [3.05, 3.63) is 0 Å². The highest BCUT2D eigenvalue weighted by atomic mass is 15.2. The Morgan fingerprint density at radius 3 is 2.45 bits per heavy atom. The molecule has 0 spiro atoms. The van der Waals surface area contributed by atoms with Crippen molar-refractivity contribution >= 4 is 0 Å². The van der Waals surface area contributed by atoms with E-state index >= 15 is 0 Å². The van der Waals surface area contributed by atoms with E-state index in [1.807, 2.05) is 0 Å². The second kappa shape index (κ2) is 10.6. The lowest BCUT2D eigenvalue weighted by Crippen LogP contribution is -2.44. The van der Waals surface area contributed by atoms with E-state index in [2.05, 4.69) is 37.9 Å². The predicted molar refractivity (Wildman–Crippen MR) is 90.3 cm³/mol. The molecule has 0 aromatic heterocycles. The summed E-state index contributed by atoms with van der Waals surface area (Å²) in [7, 11) is 0. The zero-order valence-corrected chi connectivity index (χ0v) is 14.5. The van der Waals surface area contributed by atoms with Crippen LogP contribution in [0.3, 0.4) is 0 Å². The average molecular weight is 283 g/mol. The molecule has 20 heavy (non-hydrogen) atoms. The van der Waals surface area contributed by atoms with Gasteiger partial charge < -0.3 is 5.32 Å². The Morgan fingerprint density at radius 2 is 1.85 bits per heavy atom. The summed E-state index contributed by atoms with van der Waals surface area (Å²) < 4.78 is 0. The van der Waals surface area contributed by atoms with Crippen LogP contribution in [0.5, 0.6) is 0 Å². The lowest BCUT2D eigenvalue weighted by molar-refractivity contribution is 0.161. The molecule has 2 nitrogen and oxygen atoms in total. The SMILES string of the molecule is CCCCCCCC(C)N(CC(C)C)CC1CCCN1. The van der Waals surface area contributed by atoms with Crippen LogP contribution < -0.4 is 5.32 Å². The van der Waals surface area contributed by atoms with E-state index in [9.17, 15) is 0 Å². The highest BCUT2D eigenvalue weighted by Gasteiger charge is 2.21. The van der Waals surface area contributed by atoms with Crippen LogP contribution in [0.4, 0.5) is 0 Å². The van der Waals surface area contributed by atoms with Gasteiger partial charge in [0.15, 0.2) is 0 Å². The lowest BCUT2D eigenvalue weighted by Gasteiger charge is -2.33. The van der Waals surface area contributed by atoms with Gasteiger partial charge in [0.25, 0.3) is 0 Å². The third-order valence-corrected chi connectivity index (χ3v) is 4.57. The number of rotatable bonds is 11. The van der Waals surface area contributed by atoms with Crippen molar-refractivity contribution in [3.63, 3.8) is 0 Å². The van der Waals surface area contributed by atoms with Crippen LogP contribution in [-0.4, -0.2) is 36.6 Å². The van der Waals surface area contributed by atoms with Crippen LogP contribution in [0, 0.1) is 5.92 Å². The van der Waals surface area contributed by atoms with Crippen molar-refractivity contribution in [2.75, 3.05) is 19.6 Å². The first-order valence-electron chi connectivity index (χ1n) is 9.11. The van der Waals surface area contributed by atoms with Gasteiger partial charge in [0.2, 0.25) is 0 Å². The van der Waals surface area contributed by atoms with Crippen LogP contribution in [0.25, 0.3) is 0 Å². The van der Waals surface area contributed by atoms with Gasteiger partial charge in [-0.25, -0.2) is 0 Å². The molecule has 0 amide bonds. The summed E-state index contributed by atoms with van der Waals surface area (Å²) in [5, 5.41) is 3.66. The average Bonchev–Trinajstić information content (AvgIpc) is 2.90. The van der Waals surface area contributed by atoms with E-state index in [-0.39, 0.29) is 0 Å². The van der Waals surface area contributed by atoms with Gasteiger partial charge in [0, 0.05) is 25.2 Å². The van der Waals surface area contributed by atoms with Gasteiger partial charge in [-0.3, -0.25) is 4.90 Å². The van der Waals surface area contributed by atoms with Crippen molar-refractivity contribution in [1.82, 2.24) is 10.2 Å². The zero-order chi connectivity index (χ0) is 14.8. The van der Waals surface area contributed by atoms with E-state index in [0.29, 0.717) is 0 Å². The Morgan fingerprint density at radius 1 is 1.10 bits per heavy atom. The first kappa shape index (κ1) is 18.0. The normalized spacial score (nSPS) is 21.0. The van der Waals surface area contributed by atoms with Gasteiger partial charge in [-0.05, 0) is 38.6 Å². The smallest absolute Gasteiger partial charge is 0.0195 e. The number of hydrogen-bond acceptors (Lipinski definition) is 2. The molecule has 2 heteroatoms. The largest absolute Gasteiger partial charge is 0.313 e. The standard InChI is InChI=1S/C18H38N2/c1-5-6-7-8-9-11-17(4)20(14-16(2)3)15-18-12-10-13-19-18/h16-19H,5-15H2,1-4H3. The molecule has 1 aliphatic rings. The van der Waals surface area contributed by atoms with E-state index in [1.54, 1.807) is 0 Å². The van der Waals surface area contributed by atoms with E-state index in [4.69, 9.17) is 0 Å². The van der Waals surface area contributed by atoms with E-state index in [1.165, 1.54) is 71.0 Å². The third-order valence-electron chi connectivity index (χ3n) is 4.57. The molecule has 2 unspecified atom stereocenters. The molecule has 120 valence electrons. The second-order valence-corrected chi connectivity index (χ2v) is 7.19. The summed E-state index contributed by atoms with van der Waals surface area (Å²) in [6, 6.07) is 1.50. The van der Waals surface area contributed by atoms with Crippen LogP contribution in [0.15, 0.2) is 0 Å². The topological polar surface area (TPSA) is 15.3 Å². The van der Waals surface area contributed by atoms with Gasteiger partial charge in [-0.2, -0.15) is 0 Å². The molecule has 1 fully saturated rings. The molecule has 0 aromatic rings. The van der Waals surface area contributed by atoms with Gasteiger partial charge in [0.05, 0.1) is 0 Å². The number of nitrogens with zero attached hydrogens (tertiary/aromatic N) is 1. The fraction of sp³-hybridized carbons (Fsp3) is 1.00. The third kappa shape index (κ3) is 7.64. The maximum atomic E-state index is 3.66. The maximum absolute atomic E-state index is 3.66. The van der Waals surface area contributed by atoms with Crippen molar-refractivity contribution in [1.29, 1.82) is 0 Å². The Hall–Kier alpha value is -0.0800. The molecule has 1 saturated heterocycles. The summed E-state index contributed by atoms with van der Waals surface area (Å²) in [5.41, 5.74) is 0. The molecule has 0 saturated carbocycles. The molecule has 0 aliphatic carbocycles. The minimum absolute atomic E-state index is 0.747. The van der Waals surface area contributed by atoms with Crippen LogP contribution in [0.2, 0.25) is 0 Å². The molecule has 1 rings (SSSR count). The van der Waals surface area contributed by atoms with E-state index in [0.717, 1.165) is 18.0 Å². The lowest BCUT2D eigenvalue weighted by atomic mass is 10.0. The summed E-state index contributed by atoms with van der Waals surface area (Å²) in [5.74, 6) is 0.777. The second-order valence-electron chi connectivity index (χ2n) is 7.19. The van der Waals surface area contributed by atoms with Gasteiger partial charge in [-0.15, -0.1) is 0 Å². The van der Waals surface area contributed by atoms with Crippen molar-refractivity contribution in [2.24, 2.45) is 5.92 Å². The van der Waals surface area contributed by atoms with Crippen LogP contribution in [0.1, 0.15) is 79.1 Å². The number of hydrogen-bond donors (Lipinski definition) is 1. The van der Waals surface area contributed by atoms with Crippen LogP contribution >= 0.6 is 0 Å². The van der Waals surface area contributed by atoms with Gasteiger partial charge >= 0.3 is 0 Å². The molecule has 2 atom stereocenters.